The van der Waals surface area contributed by atoms with E-state index in [0.29, 0.717) is 12.4 Å². The van der Waals surface area contributed by atoms with Crippen molar-refractivity contribution in [2.24, 2.45) is 0 Å². The Kier molecular flexibility index (Phi) is 5.21. The number of aliphatic hydroxyl groups excluding tert-OH is 1. The standard InChI is InChI=1S/C19H20BrNO3/c1-2-3-11-24-16-12-13(20)9-10-15(16)17-18(22)19(23)21(17)14-7-5-4-6-8-14/h4-10,12,17-18,22H,2-3,11H2,1H3/t17-,18+/m1/s1. The van der Waals surface area contributed by atoms with Gasteiger partial charge in [-0.05, 0) is 30.7 Å². The molecule has 0 aliphatic carbocycles. The quantitative estimate of drug-likeness (QED) is 0.598. The SMILES string of the molecule is CCCCOc1cc(Br)ccc1[C@@H]1[C@H](O)C(=O)N1c1ccccc1. The number of nitrogens with zero attached hydrogens (tertiary/aromatic N) is 1. The molecule has 1 N–H and O–H groups in total. The molecule has 2 aromatic carbocycles. The molecule has 0 saturated carbocycles. The molecule has 2 atom stereocenters. The van der Waals surface area contributed by atoms with Crippen LogP contribution in [0, 0.1) is 0 Å². The molecule has 1 aliphatic rings. The Hall–Kier alpha value is -1.85. The Morgan fingerprint density at radius 3 is 2.67 bits per heavy atom. The smallest absolute Gasteiger partial charge is 0.259 e. The third-order valence-electron chi connectivity index (χ3n) is 4.15. The van der Waals surface area contributed by atoms with E-state index in [1.807, 2.05) is 48.5 Å². The fourth-order valence-electron chi connectivity index (χ4n) is 2.86. The van der Waals surface area contributed by atoms with Crippen LogP contribution in [0.4, 0.5) is 5.69 Å². The highest BCUT2D eigenvalue weighted by molar-refractivity contribution is 9.10. The Labute approximate surface area is 150 Å². The number of β-lactam (4-membered cyclic amide) rings is 1. The highest BCUT2D eigenvalue weighted by atomic mass is 79.9. The fourth-order valence-corrected chi connectivity index (χ4v) is 3.20. The van der Waals surface area contributed by atoms with E-state index in [4.69, 9.17) is 4.74 Å². The summed E-state index contributed by atoms with van der Waals surface area (Å²) in [6.07, 6.45) is 0.963. The van der Waals surface area contributed by atoms with E-state index >= 15 is 0 Å². The zero-order chi connectivity index (χ0) is 17.1. The molecule has 0 unspecified atom stereocenters. The van der Waals surface area contributed by atoms with Crippen molar-refractivity contribution in [3.63, 3.8) is 0 Å². The number of anilines is 1. The summed E-state index contributed by atoms with van der Waals surface area (Å²) in [6, 6.07) is 14.7. The summed E-state index contributed by atoms with van der Waals surface area (Å²) in [4.78, 5) is 13.8. The summed E-state index contributed by atoms with van der Waals surface area (Å²) in [5.41, 5.74) is 1.60. The molecule has 0 radical (unpaired) electrons. The first-order valence-corrected chi connectivity index (χ1v) is 8.91. The van der Waals surface area contributed by atoms with Crippen LogP contribution in [-0.2, 0) is 4.79 Å². The van der Waals surface area contributed by atoms with Crippen molar-refractivity contribution < 1.29 is 14.6 Å². The second-order valence-corrected chi connectivity index (χ2v) is 6.73. The molecule has 4 nitrogen and oxygen atoms in total. The molecule has 5 heteroatoms. The first kappa shape index (κ1) is 17.0. The summed E-state index contributed by atoms with van der Waals surface area (Å²) in [7, 11) is 0. The number of unbranched alkanes of at least 4 members (excludes halogenated alkanes) is 1. The van der Waals surface area contributed by atoms with Gasteiger partial charge in [0.25, 0.3) is 5.91 Å². The van der Waals surface area contributed by atoms with Crippen LogP contribution in [0.2, 0.25) is 0 Å². The van der Waals surface area contributed by atoms with Crippen molar-refractivity contribution >= 4 is 27.5 Å². The lowest BCUT2D eigenvalue weighted by atomic mass is 9.89. The summed E-state index contributed by atoms with van der Waals surface area (Å²) < 4.78 is 6.81. The maximum atomic E-state index is 12.2. The van der Waals surface area contributed by atoms with E-state index in [2.05, 4.69) is 22.9 Å². The second kappa shape index (κ2) is 7.36. The summed E-state index contributed by atoms with van der Waals surface area (Å²) in [6.45, 7) is 2.72. The number of halogens is 1. The normalized spacial score (nSPS) is 20.0. The minimum atomic E-state index is -1.04. The van der Waals surface area contributed by atoms with E-state index < -0.39 is 12.1 Å². The predicted octanol–water partition coefficient (Wildman–Crippen LogP) is 4.08. The molecular formula is C19H20BrNO3. The topological polar surface area (TPSA) is 49.8 Å². The van der Waals surface area contributed by atoms with E-state index in [0.717, 1.165) is 28.6 Å². The number of ether oxygens (including phenoxy) is 1. The van der Waals surface area contributed by atoms with Crippen molar-refractivity contribution in [2.75, 3.05) is 11.5 Å². The lowest BCUT2D eigenvalue weighted by Gasteiger charge is -2.45. The number of aliphatic hydroxyl groups is 1. The number of carbonyl (C=O) groups is 1. The molecule has 3 rings (SSSR count). The van der Waals surface area contributed by atoms with Gasteiger partial charge in [-0.25, -0.2) is 0 Å². The van der Waals surface area contributed by atoms with Gasteiger partial charge in [0, 0.05) is 15.7 Å². The number of benzene rings is 2. The van der Waals surface area contributed by atoms with Crippen molar-refractivity contribution in [2.45, 2.75) is 31.9 Å². The van der Waals surface area contributed by atoms with Gasteiger partial charge in [0.05, 0.1) is 6.61 Å². The van der Waals surface area contributed by atoms with Crippen molar-refractivity contribution in [1.29, 1.82) is 0 Å². The molecule has 2 aromatic rings. The highest BCUT2D eigenvalue weighted by Crippen LogP contribution is 2.43. The third kappa shape index (κ3) is 3.19. The Bertz CT molecular complexity index is 720. The highest BCUT2D eigenvalue weighted by Gasteiger charge is 2.49. The zero-order valence-corrected chi connectivity index (χ0v) is 15.1. The third-order valence-corrected chi connectivity index (χ3v) is 4.65. The monoisotopic (exact) mass is 389 g/mol. The van der Waals surface area contributed by atoms with Crippen LogP contribution in [0.5, 0.6) is 5.75 Å². The molecular weight excluding hydrogens is 370 g/mol. The minimum Gasteiger partial charge on any atom is -0.493 e. The van der Waals surface area contributed by atoms with Crippen LogP contribution in [0.15, 0.2) is 53.0 Å². The number of carbonyl (C=O) groups excluding carboxylic acids is 1. The van der Waals surface area contributed by atoms with Gasteiger partial charge >= 0.3 is 0 Å². The van der Waals surface area contributed by atoms with Gasteiger partial charge in [-0.15, -0.1) is 0 Å². The molecule has 1 aliphatic heterocycles. The Balaban J connectivity index is 1.93. The summed E-state index contributed by atoms with van der Waals surface area (Å²) in [5, 5.41) is 10.3. The zero-order valence-electron chi connectivity index (χ0n) is 13.5. The largest absolute Gasteiger partial charge is 0.493 e. The average Bonchev–Trinajstić information content (AvgIpc) is 2.60. The van der Waals surface area contributed by atoms with E-state index in [-0.39, 0.29) is 5.91 Å². The maximum absolute atomic E-state index is 12.2. The second-order valence-electron chi connectivity index (χ2n) is 5.82. The number of hydrogen-bond donors (Lipinski definition) is 1. The molecule has 0 bridgehead atoms. The number of hydrogen-bond acceptors (Lipinski definition) is 3. The van der Waals surface area contributed by atoms with Crippen molar-refractivity contribution in [1.82, 2.24) is 0 Å². The maximum Gasteiger partial charge on any atom is 0.259 e. The summed E-state index contributed by atoms with van der Waals surface area (Å²) in [5.74, 6) is 0.420. The average molecular weight is 390 g/mol. The molecule has 1 saturated heterocycles. The van der Waals surface area contributed by atoms with E-state index in [1.165, 1.54) is 0 Å². The first-order chi connectivity index (χ1) is 11.6. The lowest BCUT2D eigenvalue weighted by Crippen LogP contribution is -2.59. The van der Waals surface area contributed by atoms with E-state index in [1.54, 1.807) is 4.90 Å². The summed E-state index contributed by atoms with van der Waals surface area (Å²) >= 11 is 3.46. The molecule has 1 amide bonds. The molecule has 1 heterocycles. The Morgan fingerprint density at radius 2 is 1.96 bits per heavy atom. The predicted molar refractivity (Wildman–Crippen MR) is 97.2 cm³/mol. The molecule has 126 valence electrons. The van der Waals surface area contributed by atoms with Crippen LogP contribution in [0.1, 0.15) is 31.4 Å². The van der Waals surface area contributed by atoms with Crippen LogP contribution in [0.3, 0.4) is 0 Å². The minimum absolute atomic E-state index is 0.284. The molecule has 24 heavy (non-hydrogen) atoms. The number of rotatable bonds is 6. The van der Waals surface area contributed by atoms with Crippen LogP contribution >= 0.6 is 15.9 Å². The van der Waals surface area contributed by atoms with Gasteiger partial charge in [0.1, 0.15) is 11.8 Å². The van der Waals surface area contributed by atoms with Gasteiger partial charge in [0.15, 0.2) is 6.10 Å². The van der Waals surface area contributed by atoms with Gasteiger partial charge in [-0.3, -0.25) is 9.69 Å². The molecule has 1 fully saturated rings. The lowest BCUT2D eigenvalue weighted by molar-refractivity contribution is -0.137. The number of para-hydroxylation sites is 1. The van der Waals surface area contributed by atoms with Crippen LogP contribution < -0.4 is 9.64 Å². The van der Waals surface area contributed by atoms with Crippen molar-refractivity contribution in [3.8, 4) is 5.75 Å². The van der Waals surface area contributed by atoms with E-state index in [9.17, 15) is 9.90 Å². The first-order valence-electron chi connectivity index (χ1n) is 8.12. The fraction of sp³-hybridized carbons (Fsp3) is 0.316. The Morgan fingerprint density at radius 1 is 1.21 bits per heavy atom. The molecule has 0 spiro atoms. The number of amides is 1. The van der Waals surface area contributed by atoms with Gasteiger partial charge < -0.3 is 9.84 Å². The molecule has 0 aromatic heterocycles. The van der Waals surface area contributed by atoms with Gasteiger partial charge in [0.2, 0.25) is 0 Å². The van der Waals surface area contributed by atoms with Gasteiger partial charge in [-0.2, -0.15) is 0 Å². The van der Waals surface area contributed by atoms with Crippen molar-refractivity contribution in [3.05, 3.63) is 58.6 Å². The van der Waals surface area contributed by atoms with Crippen LogP contribution in [0.25, 0.3) is 0 Å². The van der Waals surface area contributed by atoms with Gasteiger partial charge in [-0.1, -0.05) is 53.5 Å². The van der Waals surface area contributed by atoms with Crippen LogP contribution in [-0.4, -0.2) is 23.7 Å².